The number of nitrogens with zero attached hydrogens (tertiary/aromatic N) is 1. The molecule has 6 heteroatoms. The molecule has 1 rings (SSSR count). The molecule has 0 amide bonds. The van der Waals surface area contributed by atoms with Crippen LogP contribution in [0.5, 0.6) is 0 Å². The maximum absolute atomic E-state index is 13.3. The summed E-state index contributed by atoms with van der Waals surface area (Å²) in [7, 11) is 0. The number of alkyl halides is 2. The van der Waals surface area contributed by atoms with E-state index in [2.05, 4.69) is 0 Å². The molecule has 0 saturated heterocycles. The van der Waals surface area contributed by atoms with Crippen molar-refractivity contribution < 1.29 is 22.7 Å². The Hall–Kier alpha value is -1.14. The Bertz CT molecular complexity index is 339. The number of aliphatic hydroxyl groups is 1. The van der Waals surface area contributed by atoms with Gasteiger partial charge >= 0.3 is 0 Å². The predicted octanol–water partition coefficient (Wildman–Crippen LogP) is 2.02. The normalized spacial score (nSPS) is 11.5. The van der Waals surface area contributed by atoms with Crippen LogP contribution < -0.4 is 0 Å². The summed E-state index contributed by atoms with van der Waals surface area (Å²) in [5, 5.41) is 8.69. The van der Waals surface area contributed by atoms with Crippen LogP contribution >= 0.6 is 0 Å². The Kier molecular flexibility index (Phi) is 5.37. The van der Waals surface area contributed by atoms with E-state index >= 15 is 0 Å². The third-order valence-electron chi connectivity index (χ3n) is 2.26. The quantitative estimate of drug-likeness (QED) is 0.782. The molecule has 0 saturated carbocycles. The molecule has 0 aliphatic carbocycles. The standard InChI is InChI=1S/C11H13F4NO/c12-9-2-1-3-10(13)8(9)6-16(4-5-17)7-11(14)15/h1-3,11,17H,4-7H2. The van der Waals surface area contributed by atoms with Crippen molar-refractivity contribution in [1.29, 1.82) is 0 Å². The van der Waals surface area contributed by atoms with Crippen molar-refractivity contribution in [3.05, 3.63) is 35.4 Å². The smallest absolute Gasteiger partial charge is 0.251 e. The van der Waals surface area contributed by atoms with Crippen LogP contribution in [0.3, 0.4) is 0 Å². The highest BCUT2D eigenvalue weighted by Gasteiger charge is 2.16. The molecule has 0 fully saturated rings. The van der Waals surface area contributed by atoms with Gasteiger partial charge in [0.05, 0.1) is 13.2 Å². The van der Waals surface area contributed by atoms with E-state index in [1.807, 2.05) is 0 Å². The van der Waals surface area contributed by atoms with Crippen LogP contribution in [-0.4, -0.2) is 36.1 Å². The minimum Gasteiger partial charge on any atom is -0.395 e. The zero-order valence-corrected chi connectivity index (χ0v) is 9.04. The lowest BCUT2D eigenvalue weighted by Crippen LogP contribution is -2.31. The van der Waals surface area contributed by atoms with Crippen molar-refractivity contribution >= 4 is 0 Å². The number of benzene rings is 1. The Morgan fingerprint density at radius 3 is 2.24 bits per heavy atom. The van der Waals surface area contributed by atoms with Crippen LogP contribution in [0.15, 0.2) is 18.2 Å². The molecule has 0 heterocycles. The first-order valence-electron chi connectivity index (χ1n) is 5.09. The van der Waals surface area contributed by atoms with Gasteiger partial charge < -0.3 is 5.11 Å². The van der Waals surface area contributed by atoms with Gasteiger partial charge in [-0.1, -0.05) is 6.07 Å². The molecule has 0 aliphatic rings. The molecule has 17 heavy (non-hydrogen) atoms. The van der Waals surface area contributed by atoms with Gasteiger partial charge in [0, 0.05) is 18.7 Å². The number of aliphatic hydroxyl groups excluding tert-OH is 1. The molecule has 0 bridgehead atoms. The molecule has 0 aliphatic heterocycles. The molecular formula is C11H13F4NO. The van der Waals surface area contributed by atoms with Crippen molar-refractivity contribution in [3.63, 3.8) is 0 Å². The van der Waals surface area contributed by atoms with Gasteiger partial charge in [-0.2, -0.15) is 0 Å². The van der Waals surface area contributed by atoms with Gasteiger partial charge in [0.1, 0.15) is 11.6 Å². The summed E-state index contributed by atoms with van der Waals surface area (Å²) in [5.41, 5.74) is -0.262. The fourth-order valence-corrected chi connectivity index (χ4v) is 1.48. The third-order valence-corrected chi connectivity index (χ3v) is 2.26. The minimum absolute atomic E-state index is 0.0574. The summed E-state index contributed by atoms with van der Waals surface area (Å²) < 4.78 is 50.9. The van der Waals surface area contributed by atoms with Gasteiger partial charge in [0.2, 0.25) is 0 Å². The molecule has 96 valence electrons. The first-order chi connectivity index (χ1) is 8.04. The van der Waals surface area contributed by atoms with E-state index in [-0.39, 0.29) is 25.3 Å². The molecular weight excluding hydrogens is 238 g/mol. The molecule has 1 N–H and O–H groups in total. The SMILES string of the molecule is OCCN(Cc1c(F)cccc1F)CC(F)F. The van der Waals surface area contributed by atoms with E-state index in [1.165, 1.54) is 6.07 Å². The van der Waals surface area contributed by atoms with Crippen LogP contribution in [0.2, 0.25) is 0 Å². The fourth-order valence-electron chi connectivity index (χ4n) is 1.48. The second-order valence-corrected chi connectivity index (χ2v) is 3.55. The summed E-state index contributed by atoms with van der Waals surface area (Å²) in [6.45, 7) is -1.32. The minimum atomic E-state index is -2.61. The highest BCUT2D eigenvalue weighted by atomic mass is 19.3. The van der Waals surface area contributed by atoms with E-state index in [4.69, 9.17) is 5.11 Å². The second kappa shape index (κ2) is 6.56. The zero-order valence-electron chi connectivity index (χ0n) is 9.04. The summed E-state index contributed by atoms with van der Waals surface area (Å²) in [6.07, 6.45) is -2.61. The van der Waals surface area contributed by atoms with Gasteiger partial charge in [-0.25, -0.2) is 17.6 Å². The number of rotatable bonds is 6. The van der Waals surface area contributed by atoms with E-state index in [0.717, 1.165) is 17.0 Å². The van der Waals surface area contributed by atoms with E-state index < -0.39 is 24.6 Å². The molecule has 0 atom stereocenters. The molecule has 0 spiro atoms. The van der Waals surface area contributed by atoms with Crippen LogP contribution in [-0.2, 0) is 6.54 Å². The molecule has 1 aromatic carbocycles. The molecule has 0 aromatic heterocycles. The highest BCUT2D eigenvalue weighted by molar-refractivity contribution is 5.19. The summed E-state index contributed by atoms with van der Waals surface area (Å²) in [5.74, 6) is -1.55. The second-order valence-electron chi connectivity index (χ2n) is 3.55. The topological polar surface area (TPSA) is 23.5 Å². The predicted molar refractivity (Wildman–Crippen MR) is 54.7 cm³/mol. The van der Waals surface area contributed by atoms with E-state index in [0.29, 0.717) is 0 Å². The summed E-state index contributed by atoms with van der Waals surface area (Å²) >= 11 is 0. The van der Waals surface area contributed by atoms with Gasteiger partial charge in [0.15, 0.2) is 0 Å². The van der Waals surface area contributed by atoms with Crippen molar-refractivity contribution in [2.24, 2.45) is 0 Å². The maximum Gasteiger partial charge on any atom is 0.251 e. The number of halogens is 4. The Morgan fingerprint density at radius 1 is 1.18 bits per heavy atom. The van der Waals surface area contributed by atoms with Gasteiger partial charge in [0.25, 0.3) is 6.43 Å². The monoisotopic (exact) mass is 251 g/mol. The fraction of sp³-hybridized carbons (Fsp3) is 0.455. The van der Waals surface area contributed by atoms with Gasteiger partial charge in [-0.15, -0.1) is 0 Å². The van der Waals surface area contributed by atoms with Gasteiger partial charge in [-0.05, 0) is 12.1 Å². The molecule has 1 aromatic rings. The average Bonchev–Trinajstić information content (AvgIpc) is 2.23. The molecule has 2 nitrogen and oxygen atoms in total. The first-order valence-corrected chi connectivity index (χ1v) is 5.09. The maximum atomic E-state index is 13.3. The van der Waals surface area contributed by atoms with Crippen LogP contribution in [0.25, 0.3) is 0 Å². The lowest BCUT2D eigenvalue weighted by Gasteiger charge is -2.21. The lowest BCUT2D eigenvalue weighted by molar-refractivity contribution is 0.0734. The van der Waals surface area contributed by atoms with Crippen LogP contribution in [0.1, 0.15) is 5.56 Å². The van der Waals surface area contributed by atoms with E-state index in [9.17, 15) is 17.6 Å². The van der Waals surface area contributed by atoms with Crippen molar-refractivity contribution in [3.8, 4) is 0 Å². The van der Waals surface area contributed by atoms with Crippen LogP contribution in [0, 0.1) is 11.6 Å². The average molecular weight is 251 g/mol. The molecule has 0 unspecified atom stereocenters. The summed E-state index contributed by atoms with van der Waals surface area (Å²) in [4.78, 5) is 1.10. The zero-order chi connectivity index (χ0) is 12.8. The third kappa shape index (κ3) is 4.32. The Balaban J connectivity index is 2.78. The highest BCUT2D eigenvalue weighted by Crippen LogP contribution is 2.15. The van der Waals surface area contributed by atoms with Crippen molar-refractivity contribution in [1.82, 2.24) is 4.90 Å². The first kappa shape index (κ1) is 13.9. The largest absolute Gasteiger partial charge is 0.395 e. The Morgan fingerprint density at radius 2 is 1.76 bits per heavy atom. The van der Waals surface area contributed by atoms with E-state index in [1.54, 1.807) is 0 Å². The Labute approximate surface area is 96.5 Å². The van der Waals surface area contributed by atoms with Crippen molar-refractivity contribution in [2.75, 3.05) is 19.7 Å². The molecule has 0 radical (unpaired) electrons. The van der Waals surface area contributed by atoms with Gasteiger partial charge in [-0.3, -0.25) is 4.90 Å². The summed E-state index contributed by atoms with van der Waals surface area (Å²) in [6, 6.07) is 3.34. The number of hydrogen-bond acceptors (Lipinski definition) is 2. The lowest BCUT2D eigenvalue weighted by atomic mass is 10.2. The van der Waals surface area contributed by atoms with Crippen LogP contribution in [0.4, 0.5) is 17.6 Å². The number of hydrogen-bond donors (Lipinski definition) is 1. The van der Waals surface area contributed by atoms with Crippen molar-refractivity contribution in [2.45, 2.75) is 13.0 Å².